The average Bonchev–Trinajstić information content (AvgIpc) is 2.19. The van der Waals surface area contributed by atoms with E-state index in [1.54, 1.807) is 12.3 Å². The summed E-state index contributed by atoms with van der Waals surface area (Å²) in [6.45, 7) is 3.79. The smallest absolute Gasteiger partial charge is 0.211 e. The lowest BCUT2D eigenvalue weighted by atomic mass is 10.1. The molecule has 0 aliphatic rings. The lowest BCUT2D eigenvalue weighted by molar-refractivity contribution is 0.456. The first-order chi connectivity index (χ1) is 6.72. The normalized spacial score (nSPS) is 10.6. The van der Waals surface area contributed by atoms with E-state index in [4.69, 9.17) is 5.73 Å². The Balaban J connectivity index is 2.84. The van der Waals surface area contributed by atoms with Crippen LogP contribution >= 0.6 is 0 Å². The van der Waals surface area contributed by atoms with Crippen LogP contribution in [0.5, 0.6) is 5.88 Å². The molecule has 0 aliphatic carbocycles. The minimum Gasteiger partial charge on any atom is -0.493 e. The lowest BCUT2D eigenvalue weighted by Crippen LogP contribution is -1.96. The molecule has 0 unspecified atom stereocenters. The summed E-state index contributed by atoms with van der Waals surface area (Å²) in [4.78, 5) is 7.91. The van der Waals surface area contributed by atoms with Crippen molar-refractivity contribution >= 4 is 16.7 Å². The fourth-order valence-electron chi connectivity index (χ4n) is 1.38. The number of nitrogens with zero attached hydrogens (tertiary/aromatic N) is 2. The molecule has 71 valence electrons. The summed E-state index contributed by atoms with van der Waals surface area (Å²) in [6, 6.07) is 3.30. The zero-order valence-corrected chi connectivity index (χ0v) is 7.57. The summed E-state index contributed by atoms with van der Waals surface area (Å²) in [5.74, 6) is 0.278. The van der Waals surface area contributed by atoms with Crippen LogP contribution in [0.3, 0.4) is 0 Å². The van der Waals surface area contributed by atoms with Crippen molar-refractivity contribution in [2.24, 2.45) is 0 Å². The summed E-state index contributed by atoms with van der Waals surface area (Å²) in [6.07, 6.45) is 2.31. The Morgan fingerprint density at radius 1 is 1.43 bits per heavy atom. The Labute approximate surface area is 81.4 Å². The SMILES string of the molecule is [CH2]Cc1cnc(N)c2nc(O)ccc12. The molecule has 0 saturated heterocycles. The highest BCUT2D eigenvalue weighted by molar-refractivity contribution is 5.90. The van der Waals surface area contributed by atoms with E-state index in [2.05, 4.69) is 16.9 Å². The predicted molar refractivity (Wildman–Crippen MR) is 54.7 cm³/mol. The fraction of sp³-hybridized carbons (Fsp3) is 0.100. The van der Waals surface area contributed by atoms with Gasteiger partial charge in [-0.15, -0.1) is 0 Å². The molecule has 0 aliphatic heterocycles. The molecule has 0 fully saturated rings. The van der Waals surface area contributed by atoms with Crippen molar-refractivity contribution in [2.45, 2.75) is 6.42 Å². The number of rotatable bonds is 1. The number of nitrogen functional groups attached to an aromatic ring is 1. The van der Waals surface area contributed by atoms with E-state index in [1.807, 2.05) is 0 Å². The van der Waals surface area contributed by atoms with Gasteiger partial charge < -0.3 is 10.8 Å². The number of nitrogens with two attached hydrogens (primary N) is 1. The van der Waals surface area contributed by atoms with Crippen LogP contribution in [-0.2, 0) is 6.42 Å². The Hall–Kier alpha value is -1.84. The summed E-state index contributed by atoms with van der Waals surface area (Å²) in [5.41, 5.74) is 7.15. The maximum absolute atomic E-state index is 9.21. The number of hydrogen-bond donors (Lipinski definition) is 2. The van der Waals surface area contributed by atoms with Crippen LogP contribution in [-0.4, -0.2) is 15.1 Å². The van der Waals surface area contributed by atoms with E-state index in [9.17, 15) is 5.11 Å². The molecule has 4 nitrogen and oxygen atoms in total. The molecule has 14 heavy (non-hydrogen) atoms. The molecule has 4 heteroatoms. The number of anilines is 1. The maximum atomic E-state index is 9.21. The van der Waals surface area contributed by atoms with Gasteiger partial charge in [-0.1, -0.05) is 0 Å². The second kappa shape index (κ2) is 3.14. The van der Waals surface area contributed by atoms with Crippen LogP contribution in [0.4, 0.5) is 5.82 Å². The van der Waals surface area contributed by atoms with Crippen LogP contribution in [0.15, 0.2) is 18.3 Å². The Kier molecular flexibility index (Phi) is 1.96. The second-order valence-corrected chi connectivity index (χ2v) is 2.98. The Morgan fingerprint density at radius 2 is 2.21 bits per heavy atom. The zero-order valence-electron chi connectivity index (χ0n) is 7.57. The second-order valence-electron chi connectivity index (χ2n) is 2.98. The largest absolute Gasteiger partial charge is 0.493 e. The van der Waals surface area contributed by atoms with Crippen molar-refractivity contribution in [3.05, 3.63) is 30.8 Å². The molecule has 0 aromatic carbocycles. The molecule has 0 bridgehead atoms. The molecule has 2 heterocycles. The molecule has 3 N–H and O–H groups in total. The van der Waals surface area contributed by atoms with Crippen LogP contribution in [0, 0.1) is 6.92 Å². The van der Waals surface area contributed by atoms with E-state index in [0.29, 0.717) is 17.8 Å². The van der Waals surface area contributed by atoms with Gasteiger partial charge in [0.2, 0.25) is 5.88 Å². The molecule has 2 rings (SSSR count). The molecule has 0 saturated carbocycles. The topological polar surface area (TPSA) is 72.0 Å². The van der Waals surface area contributed by atoms with Crippen molar-refractivity contribution in [2.75, 3.05) is 5.73 Å². The van der Waals surface area contributed by atoms with Gasteiger partial charge in [-0.3, -0.25) is 0 Å². The van der Waals surface area contributed by atoms with E-state index < -0.39 is 0 Å². The first-order valence-corrected chi connectivity index (χ1v) is 4.24. The van der Waals surface area contributed by atoms with Crippen molar-refractivity contribution in [1.29, 1.82) is 0 Å². The van der Waals surface area contributed by atoms with Gasteiger partial charge in [0.15, 0.2) is 0 Å². The van der Waals surface area contributed by atoms with E-state index >= 15 is 0 Å². The highest BCUT2D eigenvalue weighted by Gasteiger charge is 2.05. The molecular weight excluding hydrogens is 178 g/mol. The highest BCUT2D eigenvalue weighted by Crippen LogP contribution is 2.23. The van der Waals surface area contributed by atoms with Gasteiger partial charge in [0, 0.05) is 17.6 Å². The molecule has 2 aromatic rings. The van der Waals surface area contributed by atoms with Gasteiger partial charge in [-0.25, -0.2) is 9.97 Å². The Bertz CT molecular complexity index is 482. The standard InChI is InChI=1S/C10H10N3O/c1-2-6-5-12-10(11)9-7(6)3-4-8(14)13-9/h3-5H,1-2H2,(H2,11,12)(H,13,14). The summed E-state index contributed by atoms with van der Waals surface area (Å²) in [7, 11) is 0. The maximum Gasteiger partial charge on any atom is 0.211 e. The minimum absolute atomic E-state index is 0.0489. The third kappa shape index (κ3) is 1.25. The van der Waals surface area contributed by atoms with E-state index in [1.165, 1.54) is 6.07 Å². The number of aromatic hydroxyl groups is 1. The first kappa shape index (κ1) is 8.74. The summed E-state index contributed by atoms with van der Waals surface area (Å²) >= 11 is 0. The molecular formula is C10H10N3O. The fourth-order valence-corrected chi connectivity index (χ4v) is 1.38. The Morgan fingerprint density at radius 3 is 2.93 bits per heavy atom. The van der Waals surface area contributed by atoms with Gasteiger partial charge in [-0.2, -0.15) is 0 Å². The number of fused-ring (bicyclic) bond motifs is 1. The van der Waals surface area contributed by atoms with Crippen molar-refractivity contribution in [3.63, 3.8) is 0 Å². The van der Waals surface area contributed by atoms with Crippen LogP contribution in [0.1, 0.15) is 5.56 Å². The molecule has 0 atom stereocenters. The number of pyridine rings is 2. The number of aromatic nitrogens is 2. The molecule has 0 spiro atoms. The van der Waals surface area contributed by atoms with Crippen LogP contribution in [0.2, 0.25) is 0 Å². The average molecular weight is 188 g/mol. The van der Waals surface area contributed by atoms with Crippen molar-refractivity contribution in [3.8, 4) is 5.88 Å². The van der Waals surface area contributed by atoms with E-state index in [0.717, 1.165) is 10.9 Å². The zero-order chi connectivity index (χ0) is 10.1. The van der Waals surface area contributed by atoms with Crippen LogP contribution < -0.4 is 5.73 Å². The molecule has 0 amide bonds. The van der Waals surface area contributed by atoms with Gasteiger partial charge in [-0.05, 0) is 25.0 Å². The number of hydrogen-bond acceptors (Lipinski definition) is 4. The van der Waals surface area contributed by atoms with Gasteiger partial charge in [0.1, 0.15) is 11.3 Å². The van der Waals surface area contributed by atoms with Crippen LogP contribution in [0.25, 0.3) is 10.9 Å². The first-order valence-electron chi connectivity index (χ1n) is 4.24. The minimum atomic E-state index is -0.0489. The lowest BCUT2D eigenvalue weighted by Gasteiger charge is -2.05. The summed E-state index contributed by atoms with van der Waals surface area (Å²) < 4.78 is 0. The molecule has 1 radical (unpaired) electrons. The van der Waals surface area contributed by atoms with Gasteiger partial charge in [0.25, 0.3) is 0 Å². The summed E-state index contributed by atoms with van der Waals surface area (Å²) in [5, 5.41) is 10.1. The van der Waals surface area contributed by atoms with Gasteiger partial charge in [0.05, 0.1) is 0 Å². The quantitative estimate of drug-likeness (QED) is 0.707. The van der Waals surface area contributed by atoms with Gasteiger partial charge >= 0.3 is 0 Å². The highest BCUT2D eigenvalue weighted by atomic mass is 16.3. The van der Waals surface area contributed by atoms with Crippen molar-refractivity contribution < 1.29 is 5.11 Å². The van der Waals surface area contributed by atoms with Crippen molar-refractivity contribution in [1.82, 2.24) is 9.97 Å². The van der Waals surface area contributed by atoms with E-state index in [-0.39, 0.29) is 5.88 Å². The third-order valence-electron chi connectivity index (χ3n) is 2.10. The predicted octanol–water partition coefficient (Wildman–Crippen LogP) is 1.29. The monoisotopic (exact) mass is 188 g/mol. The molecule has 2 aromatic heterocycles. The third-order valence-corrected chi connectivity index (χ3v) is 2.10.